The Morgan fingerprint density at radius 2 is 1.69 bits per heavy atom. The van der Waals surface area contributed by atoms with E-state index < -0.39 is 0 Å². The van der Waals surface area contributed by atoms with Gasteiger partial charge in [0.15, 0.2) is 0 Å². The molecular formula is C11H25NO. The van der Waals surface area contributed by atoms with Gasteiger partial charge in [-0.15, -0.1) is 0 Å². The molecule has 3 atom stereocenters. The summed E-state index contributed by atoms with van der Waals surface area (Å²) in [7, 11) is 1.78. The summed E-state index contributed by atoms with van der Waals surface area (Å²) in [5, 5.41) is 3.52. The highest BCUT2D eigenvalue weighted by molar-refractivity contribution is 4.79. The summed E-state index contributed by atoms with van der Waals surface area (Å²) in [6.07, 6.45) is 0.325. The number of rotatable bonds is 6. The van der Waals surface area contributed by atoms with Gasteiger partial charge >= 0.3 is 0 Å². The predicted octanol–water partition coefficient (Wildman–Crippen LogP) is 2.29. The first kappa shape index (κ1) is 12.9. The van der Waals surface area contributed by atoms with Crippen LogP contribution in [-0.2, 0) is 4.74 Å². The van der Waals surface area contributed by atoms with Crippen LogP contribution in [0.2, 0.25) is 0 Å². The first-order valence-corrected chi connectivity index (χ1v) is 5.30. The monoisotopic (exact) mass is 187 g/mol. The molecule has 0 spiro atoms. The molecule has 80 valence electrons. The highest BCUT2D eigenvalue weighted by Crippen LogP contribution is 2.17. The lowest BCUT2D eigenvalue weighted by molar-refractivity contribution is 0.0493. The smallest absolute Gasteiger partial charge is 0.0583 e. The zero-order valence-corrected chi connectivity index (χ0v) is 9.92. The summed E-state index contributed by atoms with van der Waals surface area (Å²) < 4.78 is 5.35. The molecule has 2 heteroatoms. The van der Waals surface area contributed by atoms with Crippen LogP contribution in [0.4, 0.5) is 0 Å². The van der Waals surface area contributed by atoms with Crippen LogP contribution in [-0.4, -0.2) is 25.8 Å². The zero-order valence-electron chi connectivity index (χ0n) is 9.92. The van der Waals surface area contributed by atoms with Crippen LogP contribution < -0.4 is 5.32 Å². The van der Waals surface area contributed by atoms with Gasteiger partial charge in [-0.1, -0.05) is 27.7 Å². The van der Waals surface area contributed by atoms with Crippen molar-refractivity contribution in [3.63, 3.8) is 0 Å². The maximum atomic E-state index is 5.35. The quantitative estimate of drug-likeness (QED) is 0.689. The Bertz CT molecular complexity index is 125. The van der Waals surface area contributed by atoms with E-state index >= 15 is 0 Å². The van der Waals surface area contributed by atoms with E-state index in [9.17, 15) is 0 Å². The molecule has 0 aliphatic rings. The average molecular weight is 187 g/mol. The van der Waals surface area contributed by atoms with Crippen molar-refractivity contribution >= 4 is 0 Å². The summed E-state index contributed by atoms with van der Waals surface area (Å²) >= 11 is 0. The van der Waals surface area contributed by atoms with Crippen molar-refractivity contribution in [2.24, 2.45) is 11.8 Å². The summed E-state index contributed by atoms with van der Waals surface area (Å²) in [4.78, 5) is 0. The second-order valence-corrected chi connectivity index (χ2v) is 4.13. The Morgan fingerprint density at radius 1 is 1.15 bits per heavy atom. The molecule has 2 nitrogen and oxygen atoms in total. The van der Waals surface area contributed by atoms with Crippen molar-refractivity contribution in [1.82, 2.24) is 5.32 Å². The van der Waals surface area contributed by atoms with Gasteiger partial charge in [-0.3, -0.25) is 0 Å². The van der Waals surface area contributed by atoms with Gasteiger partial charge in [0.05, 0.1) is 6.10 Å². The topological polar surface area (TPSA) is 21.3 Å². The molecule has 0 bridgehead atoms. The molecule has 0 rings (SSSR count). The molecule has 0 aromatic rings. The third kappa shape index (κ3) is 4.10. The van der Waals surface area contributed by atoms with E-state index in [-0.39, 0.29) is 0 Å². The average Bonchev–Trinajstić information content (AvgIpc) is 2.11. The van der Waals surface area contributed by atoms with Crippen LogP contribution in [0.25, 0.3) is 0 Å². The largest absolute Gasteiger partial charge is 0.381 e. The third-order valence-electron chi connectivity index (χ3n) is 2.84. The SMILES string of the molecule is CCNC(C(C)C)C(C)C(C)OC. The summed E-state index contributed by atoms with van der Waals surface area (Å²) in [6, 6.07) is 0.556. The molecule has 3 unspecified atom stereocenters. The molecule has 1 N–H and O–H groups in total. The number of hydrogen-bond acceptors (Lipinski definition) is 2. The fourth-order valence-corrected chi connectivity index (χ4v) is 1.77. The maximum Gasteiger partial charge on any atom is 0.0583 e. The Hall–Kier alpha value is -0.0800. The second kappa shape index (κ2) is 6.39. The van der Waals surface area contributed by atoms with Gasteiger partial charge in [0.2, 0.25) is 0 Å². The lowest BCUT2D eigenvalue weighted by Crippen LogP contribution is -2.43. The summed E-state index contributed by atoms with van der Waals surface area (Å²) in [5.41, 5.74) is 0. The van der Waals surface area contributed by atoms with Gasteiger partial charge in [-0.2, -0.15) is 0 Å². The number of methoxy groups -OCH3 is 1. The highest BCUT2D eigenvalue weighted by Gasteiger charge is 2.24. The summed E-state index contributed by atoms with van der Waals surface area (Å²) in [6.45, 7) is 12.1. The normalized spacial score (nSPS) is 18.7. The van der Waals surface area contributed by atoms with Crippen LogP contribution in [0.1, 0.15) is 34.6 Å². The van der Waals surface area contributed by atoms with Crippen molar-refractivity contribution < 1.29 is 4.74 Å². The van der Waals surface area contributed by atoms with Crippen molar-refractivity contribution in [2.45, 2.75) is 46.8 Å². The van der Waals surface area contributed by atoms with Crippen LogP contribution >= 0.6 is 0 Å². The number of nitrogens with one attached hydrogen (secondary N) is 1. The second-order valence-electron chi connectivity index (χ2n) is 4.13. The Kier molecular flexibility index (Phi) is 6.35. The molecule has 0 aromatic carbocycles. The van der Waals surface area contributed by atoms with E-state index in [0.29, 0.717) is 24.0 Å². The Balaban J connectivity index is 4.18. The van der Waals surface area contributed by atoms with E-state index in [1.165, 1.54) is 0 Å². The van der Waals surface area contributed by atoms with Gasteiger partial charge < -0.3 is 10.1 Å². The highest BCUT2D eigenvalue weighted by atomic mass is 16.5. The molecule has 0 aliphatic heterocycles. The lowest BCUT2D eigenvalue weighted by Gasteiger charge is -2.31. The Labute approximate surface area is 83.1 Å². The molecule has 0 aliphatic carbocycles. The molecule has 0 fully saturated rings. The van der Waals surface area contributed by atoms with Gasteiger partial charge in [0.1, 0.15) is 0 Å². The van der Waals surface area contributed by atoms with Crippen molar-refractivity contribution in [3.05, 3.63) is 0 Å². The van der Waals surface area contributed by atoms with E-state index in [1.54, 1.807) is 7.11 Å². The molecule has 0 saturated carbocycles. The molecule has 13 heavy (non-hydrogen) atoms. The maximum absolute atomic E-state index is 5.35. The first-order chi connectivity index (χ1) is 6.04. The minimum atomic E-state index is 0.325. The fourth-order valence-electron chi connectivity index (χ4n) is 1.77. The van der Waals surface area contributed by atoms with Crippen LogP contribution in [0.3, 0.4) is 0 Å². The molecular weight excluding hydrogens is 162 g/mol. The fraction of sp³-hybridized carbons (Fsp3) is 1.00. The van der Waals surface area contributed by atoms with Crippen LogP contribution in [0.5, 0.6) is 0 Å². The number of hydrogen-bond donors (Lipinski definition) is 1. The third-order valence-corrected chi connectivity index (χ3v) is 2.84. The first-order valence-electron chi connectivity index (χ1n) is 5.30. The van der Waals surface area contributed by atoms with Gasteiger partial charge in [0.25, 0.3) is 0 Å². The minimum absolute atomic E-state index is 0.325. The molecule has 0 aromatic heterocycles. The Morgan fingerprint density at radius 3 is 2.00 bits per heavy atom. The predicted molar refractivity (Wildman–Crippen MR) is 57.9 cm³/mol. The molecule has 0 amide bonds. The minimum Gasteiger partial charge on any atom is -0.381 e. The van der Waals surface area contributed by atoms with E-state index in [1.807, 2.05) is 0 Å². The van der Waals surface area contributed by atoms with Crippen LogP contribution in [0.15, 0.2) is 0 Å². The standard InChI is InChI=1S/C11H25NO/c1-7-12-11(8(2)3)9(4)10(5)13-6/h8-12H,7H2,1-6H3. The van der Waals surface area contributed by atoms with Crippen molar-refractivity contribution in [3.8, 4) is 0 Å². The van der Waals surface area contributed by atoms with E-state index in [2.05, 4.69) is 39.9 Å². The lowest BCUT2D eigenvalue weighted by atomic mass is 9.88. The van der Waals surface area contributed by atoms with Gasteiger partial charge in [-0.25, -0.2) is 0 Å². The van der Waals surface area contributed by atoms with E-state index in [4.69, 9.17) is 4.74 Å². The summed E-state index contributed by atoms with van der Waals surface area (Å²) in [5.74, 6) is 1.22. The van der Waals surface area contributed by atoms with Crippen LogP contribution in [0, 0.1) is 11.8 Å². The number of ether oxygens (including phenoxy) is 1. The zero-order chi connectivity index (χ0) is 10.4. The molecule has 0 saturated heterocycles. The molecule has 0 radical (unpaired) electrons. The van der Waals surface area contributed by atoms with E-state index in [0.717, 1.165) is 6.54 Å². The van der Waals surface area contributed by atoms with Crippen molar-refractivity contribution in [1.29, 1.82) is 0 Å². The van der Waals surface area contributed by atoms with Gasteiger partial charge in [0, 0.05) is 13.2 Å². The van der Waals surface area contributed by atoms with Gasteiger partial charge in [-0.05, 0) is 25.3 Å². The molecule has 0 heterocycles. The van der Waals surface area contributed by atoms with Crippen molar-refractivity contribution in [2.75, 3.05) is 13.7 Å².